The fraction of sp³-hybridized carbons (Fsp3) is 0.364. The van der Waals surface area contributed by atoms with Crippen molar-refractivity contribution in [2.24, 2.45) is 5.92 Å². The van der Waals surface area contributed by atoms with Crippen molar-refractivity contribution in [3.05, 3.63) is 60.2 Å². The number of amides is 2. The average molecular weight is 365 g/mol. The molecule has 1 atom stereocenters. The van der Waals surface area contributed by atoms with Gasteiger partial charge in [-0.05, 0) is 37.6 Å². The van der Waals surface area contributed by atoms with E-state index in [0.29, 0.717) is 13.1 Å². The fourth-order valence-corrected chi connectivity index (χ4v) is 3.34. The van der Waals surface area contributed by atoms with Gasteiger partial charge in [0.15, 0.2) is 0 Å². The van der Waals surface area contributed by atoms with E-state index in [2.05, 4.69) is 22.3 Å². The summed E-state index contributed by atoms with van der Waals surface area (Å²) in [4.78, 5) is 28.6. The zero-order valence-electron chi connectivity index (χ0n) is 16.0. The first-order valence-electron chi connectivity index (χ1n) is 9.45. The Morgan fingerprint density at radius 3 is 2.56 bits per heavy atom. The van der Waals surface area contributed by atoms with Crippen molar-refractivity contribution >= 4 is 23.2 Å². The van der Waals surface area contributed by atoms with Gasteiger partial charge in [0, 0.05) is 44.5 Å². The molecular weight excluding hydrogens is 338 g/mol. The van der Waals surface area contributed by atoms with Crippen molar-refractivity contribution in [2.45, 2.75) is 19.8 Å². The second-order valence-electron chi connectivity index (χ2n) is 7.14. The highest BCUT2D eigenvalue weighted by atomic mass is 16.2. The first-order chi connectivity index (χ1) is 13.0. The molecule has 0 radical (unpaired) electrons. The topological polar surface area (TPSA) is 52.7 Å². The van der Waals surface area contributed by atoms with Crippen molar-refractivity contribution in [3.63, 3.8) is 0 Å². The number of para-hydroxylation sites is 1. The van der Waals surface area contributed by atoms with Gasteiger partial charge in [-0.1, -0.05) is 35.9 Å². The van der Waals surface area contributed by atoms with Crippen molar-refractivity contribution < 1.29 is 9.59 Å². The summed E-state index contributed by atoms with van der Waals surface area (Å²) in [5.41, 5.74) is 3.18. The summed E-state index contributed by atoms with van der Waals surface area (Å²) in [6, 6.07) is 18.0. The van der Waals surface area contributed by atoms with Gasteiger partial charge in [0.2, 0.25) is 11.8 Å². The lowest BCUT2D eigenvalue weighted by atomic mass is 10.1. The van der Waals surface area contributed by atoms with Crippen LogP contribution in [0, 0.1) is 12.8 Å². The average Bonchev–Trinajstić information content (AvgIpc) is 3.08. The van der Waals surface area contributed by atoms with Crippen molar-refractivity contribution in [3.8, 4) is 0 Å². The Kier molecular flexibility index (Phi) is 6.12. The number of hydrogen-bond acceptors (Lipinski definition) is 3. The van der Waals surface area contributed by atoms with Crippen molar-refractivity contribution in [2.75, 3.05) is 36.5 Å². The number of nitrogens with one attached hydrogen (secondary N) is 1. The van der Waals surface area contributed by atoms with Crippen LogP contribution in [0.5, 0.6) is 0 Å². The van der Waals surface area contributed by atoms with E-state index in [-0.39, 0.29) is 24.2 Å². The molecule has 1 aliphatic heterocycles. The molecule has 0 aromatic heterocycles. The lowest BCUT2D eigenvalue weighted by molar-refractivity contribution is -0.126. The minimum Gasteiger partial charge on any atom is -0.375 e. The molecule has 0 bridgehead atoms. The largest absolute Gasteiger partial charge is 0.375 e. The summed E-state index contributed by atoms with van der Waals surface area (Å²) in [5, 5.41) is 2.99. The van der Waals surface area contributed by atoms with Gasteiger partial charge in [-0.2, -0.15) is 0 Å². The van der Waals surface area contributed by atoms with Crippen LogP contribution in [0.2, 0.25) is 0 Å². The van der Waals surface area contributed by atoms with Crippen LogP contribution in [0.25, 0.3) is 0 Å². The molecule has 1 aliphatic rings. The highest BCUT2D eigenvalue weighted by molar-refractivity contribution is 6.00. The maximum absolute atomic E-state index is 12.4. The van der Waals surface area contributed by atoms with Crippen LogP contribution in [0.3, 0.4) is 0 Å². The number of aryl methyl sites for hydroxylation is 1. The molecule has 0 saturated carbocycles. The summed E-state index contributed by atoms with van der Waals surface area (Å²) >= 11 is 0. The maximum atomic E-state index is 12.4. The van der Waals surface area contributed by atoms with Gasteiger partial charge in [-0.25, -0.2) is 0 Å². The number of rotatable bonds is 7. The van der Waals surface area contributed by atoms with E-state index in [4.69, 9.17) is 0 Å². The van der Waals surface area contributed by atoms with Gasteiger partial charge < -0.3 is 15.1 Å². The molecule has 1 unspecified atom stereocenters. The van der Waals surface area contributed by atoms with E-state index in [1.807, 2.05) is 56.4 Å². The zero-order valence-corrected chi connectivity index (χ0v) is 16.0. The first-order valence-corrected chi connectivity index (χ1v) is 9.45. The summed E-state index contributed by atoms with van der Waals surface area (Å²) in [6.45, 7) is 3.95. The number of carbonyl (C=O) groups excluding carboxylic acids is 2. The van der Waals surface area contributed by atoms with Crippen molar-refractivity contribution in [1.29, 1.82) is 0 Å². The fourth-order valence-electron chi connectivity index (χ4n) is 3.34. The Morgan fingerprint density at radius 2 is 1.85 bits per heavy atom. The molecule has 2 aromatic rings. The number of benzene rings is 2. The first kappa shape index (κ1) is 19.0. The van der Waals surface area contributed by atoms with Gasteiger partial charge in [0.1, 0.15) is 0 Å². The van der Waals surface area contributed by atoms with Crippen LogP contribution in [0.1, 0.15) is 18.4 Å². The predicted octanol–water partition coefficient (Wildman–Crippen LogP) is 2.99. The molecule has 2 aromatic carbocycles. The third-order valence-electron chi connectivity index (χ3n) is 5.01. The van der Waals surface area contributed by atoms with E-state index in [1.54, 1.807) is 4.90 Å². The van der Waals surface area contributed by atoms with E-state index in [9.17, 15) is 9.59 Å². The summed E-state index contributed by atoms with van der Waals surface area (Å²) < 4.78 is 0. The third-order valence-corrected chi connectivity index (χ3v) is 5.01. The van der Waals surface area contributed by atoms with Gasteiger partial charge in [-0.3, -0.25) is 9.59 Å². The lowest BCUT2D eigenvalue weighted by Gasteiger charge is -2.19. The minimum absolute atomic E-state index is 0.0165. The lowest BCUT2D eigenvalue weighted by Crippen LogP contribution is -2.34. The van der Waals surface area contributed by atoms with Crippen LogP contribution in [0.15, 0.2) is 54.6 Å². The van der Waals surface area contributed by atoms with E-state index in [1.165, 1.54) is 5.69 Å². The van der Waals surface area contributed by atoms with Crippen LogP contribution in [-0.4, -0.2) is 38.5 Å². The second kappa shape index (κ2) is 8.71. The maximum Gasteiger partial charge on any atom is 0.227 e. The Balaban J connectivity index is 1.43. The van der Waals surface area contributed by atoms with Crippen LogP contribution < -0.4 is 15.1 Å². The van der Waals surface area contributed by atoms with E-state index in [0.717, 1.165) is 24.2 Å². The molecule has 0 aliphatic carbocycles. The van der Waals surface area contributed by atoms with Gasteiger partial charge in [0.05, 0.1) is 5.92 Å². The molecule has 1 N–H and O–H groups in total. The molecule has 5 nitrogen and oxygen atoms in total. The smallest absolute Gasteiger partial charge is 0.227 e. The Hall–Kier alpha value is -2.82. The second-order valence-corrected chi connectivity index (χ2v) is 7.14. The molecule has 0 spiro atoms. The van der Waals surface area contributed by atoms with Gasteiger partial charge in [-0.15, -0.1) is 0 Å². The summed E-state index contributed by atoms with van der Waals surface area (Å²) in [7, 11) is 2.05. The molecule has 1 saturated heterocycles. The monoisotopic (exact) mass is 365 g/mol. The number of hydrogen-bond donors (Lipinski definition) is 1. The number of anilines is 2. The SMILES string of the molecule is Cc1ccc(N2CC(C(=O)NCCCN(C)c3ccccc3)CC2=O)cc1. The molecule has 5 heteroatoms. The number of carbonyl (C=O) groups is 2. The number of nitrogens with zero attached hydrogens (tertiary/aromatic N) is 2. The van der Waals surface area contributed by atoms with E-state index < -0.39 is 0 Å². The molecule has 3 rings (SSSR count). The predicted molar refractivity (Wildman–Crippen MR) is 109 cm³/mol. The Labute approximate surface area is 161 Å². The zero-order chi connectivity index (χ0) is 19.2. The van der Waals surface area contributed by atoms with Gasteiger partial charge in [0.25, 0.3) is 0 Å². The quantitative estimate of drug-likeness (QED) is 0.768. The van der Waals surface area contributed by atoms with Crippen LogP contribution in [-0.2, 0) is 9.59 Å². The highest BCUT2D eigenvalue weighted by Crippen LogP contribution is 2.25. The standard InChI is InChI=1S/C22H27N3O2/c1-17-9-11-20(12-10-17)25-16-18(15-21(25)26)22(27)23-13-6-14-24(2)19-7-4-3-5-8-19/h3-5,7-12,18H,6,13-16H2,1-2H3,(H,23,27). The highest BCUT2D eigenvalue weighted by Gasteiger charge is 2.34. The molecular formula is C22H27N3O2. The minimum atomic E-state index is -0.273. The Morgan fingerprint density at radius 1 is 1.15 bits per heavy atom. The van der Waals surface area contributed by atoms with Gasteiger partial charge >= 0.3 is 0 Å². The van der Waals surface area contributed by atoms with Crippen LogP contribution in [0.4, 0.5) is 11.4 Å². The molecule has 27 heavy (non-hydrogen) atoms. The molecule has 2 amide bonds. The van der Waals surface area contributed by atoms with E-state index >= 15 is 0 Å². The van der Waals surface area contributed by atoms with Crippen molar-refractivity contribution in [1.82, 2.24) is 5.32 Å². The molecule has 142 valence electrons. The Bertz CT molecular complexity index is 774. The molecule has 1 heterocycles. The molecule has 1 fully saturated rings. The van der Waals surface area contributed by atoms with Crippen LogP contribution >= 0.6 is 0 Å². The normalized spacial score (nSPS) is 16.4. The summed E-state index contributed by atoms with van der Waals surface area (Å²) in [6.07, 6.45) is 1.14. The summed E-state index contributed by atoms with van der Waals surface area (Å²) in [5.74, 6) is -0.284. The third kappa shape index (κ3) is 4.88.